The van der Waals surface area contributed by atoms with Crippen molar-refractivity contribution in [3.63, 3.8) is 0 Å². The summed E-state index contributed by atoms with van der Waals surface area (Å²) in [7, 11) is -1.33. The van der Waals surface area contributed by atoms with Crippen molar-refractivity contribution < 1.29 is 13.2 Å². The zero-order chi connectivity index (χ0) is 18.2. The minimum Gasteiger partial charge on any atom is -0.338 e. The van der Waals surface area contributed by atoms with Crippen molar-refractivity contribution in [2.75, 3.05) is 26.4 Å². The second-order valence-electron chi connectivity index (χ2n) is 7.49. The summed E-state index contributed by atoms with van der Waals surface area (Å²) in [6.45, 7) is 4.05. The number of amides is 1. The summed E-state index contributed by atoms with van der Waals surface area (Å²) in [5, 5.41) is 0. The minimum atomic E-state index is -3.20. The lowest BCUT2D eigenvalue weighted by Gasteiger charge is -2.33. The first-order valence-corrected chi connectivity index (χ1v) is 11.0. The summed E-state index contributed by atoms with van der Waals surface area (Å²) >= 11 is 0. The molecule has 2 fully saturated rings. The number of nitrogens with zero attached hydrogens (tertiary/aromatic N) is 2. The Morgan fingerprint density at radius 3 is 2.20 bits per heavy atom. The molecule has 1 saturated carbocycles. The maximum atomic E-state index is 13.1. The molecule has 0 aromatic heterocycles. The van der Waals surface area contributed by atoms with Gasteiger partial charge in [-0.3, -0.25) is 9.69 Å². The molecule has 6 heteroatoms. The number of carbonyl (C=O) groups excluding carboxylic acids is 1. The highest BCUT2D eigenvalue weighted by Crippen LogP contribution is 2.38. The third-order valence-corrected chi connectivity index (χ3v) is 6.70. The number of hydrogen-bond acceptors (Lipinski definition) is 4. The van der Waals surface area contributed by atoms with Crippen LogP contribution in [0.15, 0.2) is 29.2 Å². The third-order valence-electron chi connectivity index (χ3n) is 5.57. The molecule has 0 bridgehead atoms. The molecular weight excluding hydrogens is 336 g/mol. The van der Waals surface area contributed by atoms with Crippen LogP contribution in [-0.4, -0.2) is 56.6 Å². The van der Waals surface area contributed by atoms with Crippen LogP contribution in [0.2, 0.25) is 0 Å². The molecule has 1 heterocycles. The van der Waals surface area contributed by atoms with E-state index in [1.807, 2.05) is 31.0 Å². The van der Waals surface area contributed by atoms with Gasteiger partial charge in [0.05, 0.1) is 17.0 Å². The van der Waals surface area contributed by atoms with Gasteiger partial charge in [-0.1, -0.05) is 12.1 Å². The number of sulfone groups is 1. The predicted molar refractivity (Wildman–Crippen MR) is 98.1 cm³/mol. The van der Waals surface area contributed by atoms with Crippen molar-refractivity contribution in [2.45, 2.75) is 49.6 Å². The van der Waals surface area contributed by atoms with Gasteiger partial charge in [-0.25, -0.2) is 8.42 Å². The summed E-state index contributed by atoms with van der Waals surface area (Å²) < 4.78 is 23.2. The lowest BCUT2D eigenvalue weighted by Crippen LogP contribution is -2.48. The molecule has 2 atom stereocenters. The predicted octanol–water partition coefficient (Wildman–Crippen LogP) is 2.48. The average molecular weight is 365 g/mol. The minimum absolute atomic E-state index is 0.0187. The van der Waals surface area contributed by atoms with Crippen molar-refractivity contribution in [3.05, 3.63) is 29.8 Å². The summed E-state index contributed by atoms with van der Waals surface area (Å²) in [6, 6.07) is 6.81. The zero-order valence-corrected chi connectivity index (χ0v) is 16.1. The van der Waals surface area contributed by atoms with E-state index in [4.69, 9.17) is 0 Å². The first kappa shape index (κ1) is 18.4. The fourth-order valence-electron chi connectivity index (χ4n) is 3.70. The van der Waals surface area contributed by atoms with Gasteiger partial charge in [0, 0.05) is 13.3 Å². The van der Waals surface area contributed by atoms with E-state index in [0.717, 1.165) is 31.5 Å². The van der Waals surface area contributed by atoms with Crippen LogP contribution in [0.4, 0.5) is 0 Å². The molecular formula is C19H28N2O3S. The monoisotopic (exact) mass is 364 g/mol. The number of carbonyl (C=O) groups is 1. The molecule has 2 unspecified atom stereocenters. The van der Waals surface area contributed by atoms with E-state index in [2.05, 4.69) is 4.90 Å². The third kappa shape index (κ3) is 4.06. The van der Waals surface area contributed by atoms with E-state index in [1.165, 1.54) is 19.1 Å². The van der Waals surface area contributed by atoms with Crippen LogP contribution in [-0.2, 0) is 14.6 Å². The lowest BCUT2D eigenvalue weighted by molar-refractivity contribution is -0.138. The molecule has 1 amide bonds. The molecule has 138 valence electrons. The first-order chi connectivity index (χ1) is 11.8. The SMILES string of the molecule is CC(c1ccc(S(C)(=O)=O)cc1)N(C)C(=O)C(C1CC1)N1CCCC1. The lowest BCUT2D eigenvalue weighted by atomic mass is 10.0. The summed E-state index contributed by atoms with van der Waals surface area (Å²) in [5.74, 6) is 0.706. The second kappa shape index (κ2) is 7.08. The Labute approximate surface area is 150 Å². The van der Waals surface area contributed by atoms with Crippen molar-refractivity contribution >= 4 is 15.7 Å². The molecule has 1 aliphatic heterocycles. The smallest absolute Gasteiger partial charge is 0.240 e. The molecule has 3 rings (SSSR count). The van der Waals surface area contributed by atoms with E-state index in [0.29, 0.717) is 10.8 Å². The fourth-order valence-corrected chi connectivity index (χ4v) is 4.33. The summed E-state index contributed by atoms with van der Waals surface area (Å²) in [4.78, 5) is 17.6. The maximum Gasteiger partial charge on any atom is 0.240 e. The average Bonchev–Trinajstić information content (AvgIpc) is 3.26. The molecule has 0 spiro atoms. The van der Waals surface area contributed by atoms with Crippen LogP contribution in [0.3, 0.4) is 0 Å². The molecule has 1 aliphatic carbocycles. The van der Waals surface area contributed by atoms with Gasteiger partial charge in [-0.05, 0) is 69.3 Å². The van der Waals surface area contributed by atoms with Gasteiger partial charge in [0.1, 0.15) is 0 Å². The van der Waals surface area contributed by atoms with Crippen molar-refractivity contribution in [1.82, 2.24) is 9.80 Å². The van der Waals surface area contributed by atoms with E-state index in [9.17, 15) is 13.2 Å². The van der Waals surface area contributed by atoms with Gasteiger partial charge in [-0.2, -0.15) is 0 Å². The molecule has 2 aliphatic rings. The summed E-state index contributed by atoms with van der Waals surface area (Å²) in [6.07, 6.45) is 5.87. The molecule has 1 aromatic carbocycles. The van der Waals surface area contributed by atoms with Gasteiger partial charge in [-0.15, -0.1) is 0 Å². The number of likely N-dealkylation sites (N-methyl/N-ethyl adjacent to an activating group) is 1. The highest BCUT2D eigenvalue weighted by atomic mass is 32.2. The molecule has 0 N–H and O–H groups in total. The fraction of sp³-hybridized carbons (Fsp3) is 0.632. The van der Waals surface area contributed by atoms with Crippen LogP contribution in [0.25, 0.3) is 0 Å². The van der Waals surface area contributed by atoms with Crippen LogP contribution in [0.1, 0.15) is 44.2 Å². The Hall–Kier alpha value is -1.40. The van der Waals surface area contributed by atoms with Gasteiger partial charge in [0.2, 0.25) is 5.91 Å². The van der Waals surface area contributed by atoms with Crippen LogP contribution in [0, 0.1) is 5.92 Å². The molecule has 25 heavy (non-hydrogen) atoms. The normalized spacial score (nSPS) is 21.1. The Morgan fingerprint density at radius 1 is 1.16 bits per heavy atom. The van der Waals surface area contributed by atoms with Crippen LogP contribution < -0.4 is 0 Å². The van der Waals surface area contributed by atoms with Gasteiger partial charge in [0.25, 0.3) is 0 Å². The maximum absolute atomic E-state index is 13.1. The molecule has 0 radical (unpaired) electrons. The Morgan fingerprint density at radius 2 is 1.72 bits per heavy atom. The highest BCUT2D eigenvalue weighted by Gasteiger charge is 2.42. The van der Waals surface area contributed by atoms with E-state index in [1.54, 1.807) is 12.1 Å². The van der Waals surface area contributed by atoms with Crippen molar-refractivity contribution in [3.8, 4) is 0 Å². The van der Waals surface area contributed by atoms with Crippen LogP contribution in [0.5, 0.6) is 0 Å². The molecule has 1 aromatic rings. The van der Waals surface area contributed by atoms with Gasteiger partial charge < -0.3 is 4.90 Å². The molecule has 5 nitrogen and oxygen atoms in total. The largest absolute Gasteiger partial charge is 0.338 e. The zero-order valence-electron chi connectivity index (χ0n) is 15.3. The van der Waals surface area contributed by atoms with Gasteiger partial charge >= 0.3 is 0 Å². The summed E-state index contributed by atoms with van der Waals surface area (Å²) in [5.41, 5.74) is 0.958. The standard InChI is InChI=1S/C19H28N2O3S/c1-14(15-8-10-17(11-9-15)25(3,23)24)20(2)19(22)18(16-6-7-16)21-12-4-5-13-21/h8-11,14,16,18H,4-7,12-13H2,1-3H3. The number of rotatable bonds is 6. The Bertz CT molecular complexity index is 720. The van der Waals surface area contributed by atoms with E-state index < -0.39 is 9.84 Å². The van der Waals surface area contributed by atoms with Crippen molar-refractivity contribution in [2.24, 2.45) is 5.92 Å². The molecule has 1 saturated heterocycles. The topological polar surface area (TPSA) is 57.7 Å². The number of hydrogen-bond donors (Lipinski definition) is 0. The Kier molecular flexibility index (Phi) is 5.21. The highest BCUT2D eigenvalue weighted by molar-refractivity contribution is 7.90. The van der Waals surface area contributed by atoms with E-state index in [-0.39, 0.29) is 18.0 Å². The second-order valence-corrected chi connectivity index (χ2v) is 9.51. The Balaban J connectivity index is 1.74. The van der Waals surface area contributed by atoms with Crippen molar-refractivity contribution in [1.29, 1.82) is 0 Å². The number of likely N-dealkylation sites (tertiary alicyclic amines) is 1. The number of benzene rings is 1. The van der Waals surface area contributed by atoms with Crippen LogP contribution >= 0.6 is 0 Å². The van der Waals surface area contributed by atoms with E-state index >= 15 is 0 Å². The first-order valence-electron chi connectivity index (χ1n) is 9.10. The quantitative estimate of drug-likeness (QED) is 0.778. The van der Waals surface area contributed by atoms with Gasteiger partial charge in [0.15, 0.2) is 9.84 Å².